The van der Waals surface area contributed by atoms with Crippen LogP contribution in [0.5, 0.6) is 0 Å². The van der Waals surface area contributed by atoms with Crippen molar-refractivity contribution >= 4 is 45.4 Å². The van der Waals surface area contributed by atoms with Crippen LogP contribution in [0.15, 0.2) is 57.8 Å². The SMILES string of the molecule is Cc1onc2c1c(=O)n(C1CCCC(NC(=O)C(Cc3ccccc3)NC(=O)OC(C)(C)C)C1)c1cccc(Cl)c21. The molecule has 0 spiro atoms. The number of carbonyl (C=O) groups is 2. The Hall–Kier alpha value is -3.85. The summed E-state index contributed by atoms with van der Waals surface area (Å²) >= 11 is 6.59. The van der Waals surface area contributed by atoms with Gasteiger partial charge in [0.05, 0.1) is 10.5 Å². The summed E-state index contributed by atoms with van der Waals surface area (Å²) in [7, 11) is 0. The first-order valence-electron chi connectivity index (χ1n) is 13.9. The molecular weight excluding hydrogens is 544 g/mol. The van der Waals surface area contributed by atoms with Gasteiger partial charge in [0.1, 0.15) is 28.3 Å². The molecule has 0 aliphatic heterocycles. The Kier molecular flexibility index (Phi) is 8.09. The number of benzene rings is 2. The van der Waals surface area contributed by atoms with Gasteiger partial charge in [-0.1, -0.05) is 53.2 Å². The van der Waals surface area contributed by atoms with Crippen LogP contribution in [0.1, 0.15) is 63.8 Å². The predicted molar refractivity (Wildman–Crippen MR) is 158 cm³/mol. The lowest BCUT2D eigenvalue weighted by Gasteiger charge is -2.33. The van der Waals surface area contributed by atoms with Crippen molar-refractivity contribution in [2.45, 2.75) is 83.5 Å². The van der Waals surface area contributed by atoms with Crippen LogP contribution in [0, 0.1) is 6.92 Å². The highest BCUT2D eigenvalue weighted by Gasteiger charge is 2.31. The number of aromatic nitrogens is 2. The quantitative estimate of drug-likeness (QED) is 0.297. The van der Waals surface area contributed by atoms with E-state index in [1.807, 2.05) is 42.5 Å². The average molecular weight is 579 g/mol. The van der Waals surface area contributed by atoms with Gasteiger partial charge in [0.25, 0.3) is 5.56 Å². The molecule has 41 heavy (non-hydrogen) atoms. The normalized spacial score (nSPS) is 18.3. The van der Waals surface area contributed by atoms with E-state index in [2.05, 4.69) is 15.8 Å². The maximum Gasteiger partial charge on any atom is 0.408 e. The van der Waals surface area contributed by atoms with Crippen molar-refractivity contribution in [1.82, 2.24) is 20.4 Å². The molecule has 2 aromatic heterocycles. The van der Waals surface area contributed by atoms with E-state index < -0.39 is 17.7 Å². The molecule has 1 aliphatic carbocycles. The fourth-order valence-corrected chi connectivity index (χ4v) is 5.93. The molecule has 0 saturated heterocycles. The lowest BCUT2D eigenvalue weighted by Crippen LogP contribution is -2.52. The van der Waals surface area contributed by atoms with Crippen LogP contribution in [0.4, 0.5) is 4.79 Å². The number of amides is 2. The van der Waals surface area contributed by atoms with E-state index in [-0.39, 0.29) is 23.6 Å². The Morgan fingerprint density at radius 2 is 1.88 bits per heavy atom. The van der Waals surface area contributed by atoms with Gasteiger partial charge in [0, 0.05) is 23.9 Å². The zero-order chi connectivity index (χ0) is 29.3. The summed E-state index contributed by atoms with van der Waals surface area (Å²) in [5, 5.41) is 11.6. The number of nitrogens with one attached hydrogen (secondary N) is 2. The second-order valence-corrected chi connectivity index (χ2v) is 12.1. The van der Waals surface area contributed by atoms with E-state index in [1.54, 1.807) is 38.3 Å². The summed E-state index contributed by atoms with van der Waals surface area (Å²) in [4.78, 5) is 40.0. The fourth-order valence-electron chi connectivity index (χ4n) is 5.68. The van der Waals surface area contributed by atoms with E-state index >= 15 is 0 Å². The van der Waals surface area contributed by atoms with Gasteiger partial charge < -0.3 is 24.5 Å². The largest absolute Gasteiger partial charge is 0.444 e. The summed E-state index contributed by atoms with van der Waals surface area (Å²) in [5.41, 5.74) is 1.18. The van der Waals surface area contributed by atoms with Gasteiger partial charge in [0.2, 0.25) is 5.91 Å². The Morgan fingerprint density at radius 1 is 1.12 bits per heavy atom. The Bertz CT molecular complexity index is 1640. The molecule has 5 rings (SSSR count). The van der Waals surface area contributed by atoms with Crippen molar-refractivity contribution in [3.63, 3.8) is 0 Å². The van der Waals surface area contributed by atoms with Crippen molar-refractivity contribution in [3.8, 4) is 0 Å². The smallest absolute Gasteiger partial charge is 0.408 e. The number of nitrogens with zero attached hydrogens (tertiary/aromatic N) is 2. The summed E-state index contributed by atoms with van der Waals surface area (Å²) in [6, 6.07) is 13.8. The molecule has 216 valence electrons. The number of halogens is 1. The fraction of sp³-hybridized carbons (Fsp3) is 0.419. The van der Waals surface area contributed by atoms with Crippen LogP contribution < -0.4 is 16.2 Å². The molecule has 0 radical (unpaired) electrons. The van der Waals surface area contributed by atoms with E-state index in [0.29, 0.717) is 45.4 Å². The number of alkyl carbamates (subject to hydrolysis) is 1. The van der Waals surface area contributed by atoms with Crippen molar-refractivity contribution in [3.05, 3.63) is 75.2 Å². The first kappa shape index (κ1) is 28.7. The van der Waals surface area contributed by atoms with Crippen LogP contribution in [0.25, 0.3) is 21.8 Å². The van der Waals surface area contributed by atoms with Crippen molar-refractivity contribution in [2.24, 2.45) is 0 Å². The molecule has 1 fully saturated rings. The molecule has 9 nitrogen and oxygen atoms in total. The monoisotopic (exact) mass is 578 g/mol. The van der Waals surface area contributed by atoms with Gasteiger partial charge >= 0.3 is 6.09 Å². The minimum atomic E-state index is -0.828. The summed E-state index contributed by atoms with van der Waals surface area (Å²) in [6.07, 6.45) is 2.56. The highest BCUT2D eigenvalue weighted by atomic mass is 35.5. The molecule has 2 N–H and O–H groups in total. The van der Waals surface area contributed by atoms with Crippen molar-refractivity contribution in [1.29, 1.82) is 0 Å². The number of pyridine rings is 1. The maximum atomic E-state index is 13.8. The molecule has 1 aliphatic rings. The first-order valence-corrected chi connectivity index (χ1v) is 14.3. The third-order valence-electron chi connectivity index (χ3n) is 7.43. The molecule has 3 atom stereocenters. The van der Waals surface area contributed by atoms with E-state index in [9.17, 15) is 14.4 Å². The number of rotatable bonds is 6. The second-order valence-electron chi connectivity index (χ2n) is 11.7. The summed E-state index contributed by atoms with van der Waals surface area (Å²) in [6.45, 7) is 7.05. The van der Waals surface area contributed by atoms with Crippen LogP contribution in [0.2, 0.25) is 5.02 Å². The van der Waals surface area contributed by atoms with Gasteiger partial charge in [-0.2, -0.15) is 0 Å². The zero-order valence-corrected chi connectivity index (χ0v) is 24.5. The van der Waals surface area contributed by atoms with Gasteiger partial charge in [-0.25, -0.2) is 4.79 Å². The number of fused-ring (bicyclic) bond motifs is 3. The summed E-state index contributed by atoms with van der Waals surface area (Å²) in [5.74, 6) is 0.147. The standard InChI is InChI=1S/C31H35ClN4O5/c1-18-25-27(35-41-18)26-22(32)14-9-15-24(26)36(29(25)38)21-13-8-12-20(17-21)33-28(37)23(16-19-10-6-5-7-11-19)34-30(39)40-31(2,3)4/h5-7,9-11,14-15,20-21,23H,8,12-13,16-17H2,1-4H3,(H,33,37)(H,34,39). The van der Waals surface area contributed by atoms with Gasteiger partial charge in [0.15, 0.2) is 0 Å². The zero-order valence-electron chi connectivity index (χ0n) is 23.7. The Balaban J connectivity index is 1.40. The van der Waals surface area contributed by atoms with E-state index in [0.717, 1.165) is 24.8 Å². The predicted octanol–water partition coefficient (Wildman–Crippen LogP) is 5.84. The molecule has 2 aromatic carbocycles. The van der Waals surface area contributed by atoms with E-state index in [4.69, 9.17) is 20.9 Å². The van der Waals surface area contributed by atoms with Crippen LogP contribution >= 0.6 is 11.6 Å². The van der Waals surface area contributed by atoms with Crippen molar-refractivity contribution < 1.29 is 18.8 Å². The second kappa shape index (κ2) is 11.6. The van der Waals surface area contributed by atoms with Gasteiger partial charge in [-0.05, 0) is 71.1 Å². The van der Waals surface area contributed by atoms with Crippen LogP contribution in [-0.2, 0) is 16.0 Å². The van der Waals surface area contributed by atoms with Gasteiger partial charge in [-0.15, -0.1) is 0 Å². The number of carbonyl (C=O) groups excluding carboxylic acids is 2. The third kappa shape index (κ3) is 6.25. The number of hydrogen-bond acceptors (Lipinski definition) is 6. The van der Waals surface area contributed by atoms with Crippen molar-refractivity contribution in [2.75, 3.05) is 0 Å². The van der Waals surface area contributed by atoms with Gasteiger partial charge in [-0.3, -0.25) is 9.59 Å². The third-order valence-corrected chi connectivity index (χ3v) is 7.75. The van der Waals surface area contributed by atoms with Crippen LogP contribution in [-0.4, -0.2) is 39.4 Å². The minimum Gasteiger partial charge on any atom is -0.444 e. The molecule has 0 bridgehead atoms. The summed E-state index contributed by atoms with van der Waals surface area (Å²) < 4.78 is 12.6. The molecule has 4 aromatic rings. The highest BCUT2D eigenvalue weighted by molar-refractivity contribution is 6.37. The number of ether oxygens (including phenoxy) is 1. The molecule has 3 unspecified atom stereocenters. The highest BCUT2D eigenvalue weighted by Crippen LogP contribution is 2.35. The number of aryl methyl sites for hydroxylation is 1. The molecule has 2 heterocycles. The molecule has 10 heteroatoms. The van der Waals surface area contributed by atoms with E-state index in [1.165, 1.54) is 0 Å². The maximum absolute atomic E-state index is 13.8. The topological polar surface area (TPSA) is 115 Å². The lowest BCUT2D eigenvalue weighted by molar-refractivity contribution is -0.124. The van der Waals surface area contributed by atoms with Crippen LogP contribution in [0.3, 0.4) is 0 Å². The first-order chi connectivity index (χ1) is 19.5. The lowest BCUT2D eigenvalue weighted by atomic mass is 9.89. The molecular formula is C31H35ClN4O5. The average Bonchev–Trinajstić information content (AvgIpc) is 3.30. The number of hydrogen-bond donors (Lipinski definition) is 2. The molecule has 1 saturated carbocycles. The Labute approximate surface area is 243 Å². The Morgan fingerprint density at radius 3 is 2.61 bits per heavy atom. The minimum absolute atomic E-state index is 0.174. The molecule has 2 amide bonds.